The number of hydrogen-bond acceptors (Lipinski definition) is 8. The summed E-state index contributed by atoms with van der Waals surface area (Å²) in [7, 11) is 0. The van der Waals surface area contributed by atoms with Gasteiger partial charge in [0.05, 0.1) is 12.5 Å². The Morgan fingerprint density at radius 1 is 0.857 bits per heavy atom. The molecule has 0 rings (SSSR count). The second kappa shape index (κ2) is 12.5. The van der Waals surface area contributed by atoms with E-state index in [9.17, 15) is 24.0 Å². The van der Waals surface area contributed by atoms with Crippen molar-refractivity contribution in [1.82, 2.24) is 16.0 Å². The van der Waals surface area contributed by atoms with E-state index in [1.807, 2.05) is 0 Å². The Balaban J connectivity index is 5.21. The molecular weight excluding hydrogens is 412 g/mol. The first-order valence-electron chi connectivity index (χ1n) is 8.27. The summed E-state index contributed by atoms with van der Waals surface area (Å²) < 4.78 is 0. The van der Waals surface area contributed by atoms with Gasteiger partial charge in [0.15, 0.2) is 0 Å². The topological polar surface area (TPSA) is 188 Å². The third-order valence-corrected chi connectivity index (χ3v) is 4.35. The lowest BCUT2D eigenvalue weighted by molar-refractivity contribution is -0.144. The van der Waals surface area contributed by atoms with Crippen LogP contribution in [0, 0.1) is 5.92 Å². The lowest BCUT2D eigenvalue weighted by Crippen LogP contribution is -2.58. The van der Waals surface area contributed by atoms with Crippen LogP contribution in [-0.2, 0) is 24.0 Å². The normalized spacial score (nSPS) is 15.1. The molecule has 0 fully saturated rings. The minimum absolute atomic E-state index is 0.0271. The Morgan fingerprint density at radius 2 is 1.36 bits per heavy atom. The number of carboxylic acid groups (broad SMARTS) is 2. The molecule has 11 nitrogen and oxygen atoms in total. The van der Waals surface area contributed by atoms with Crippen molar-refractivity contribution in [2.75, 3.05) is 11.5 Å². The number of hydrogen-bond donors (Lipinski definition) is 8. The molecule has 0 saturated carbocycles. The Morgan fingerprint density at radius 3 is 1.75 bits per heavy atom. The van der Waals surface area contributed by atoms with Crippen molar-refractivity contribution in [2.45, 2.75) is 44.4 Å². The zero-order valence-electron chi connectivity index (χ0n) is 15.4. The molecule has 0 radical (unpaired) electrons. The van der Waals surface area contributed by atoms with E-state index in [1.54, 1.807) is 13.8 Å². The third-order valence-electron chi connectivity index (χ3n) is 3.59. The van der Waals surface area contributed by atoms with E-state index >= 15 is 0 Å². The molecule has 13 heteroatoms. The van der Waals surface area contributed by atoms with E-state index in [-0.39, 0.29) is 11.5 Å². The SMILES string of the molecule is CC(C)C(NC(=O)C(CS)NC(=O)C(CC(=O)O)NC(=O)C(N)CS)C(=O)O. The number of amides is 3. The summed E-state index contributed by atoms with van der Waals surface area (Å²) in [4.78, 5) is 58.7. The maximum atomic E-state index is 12.4. The van der Waals surface area contributed by atoms with Crippen molar-refractivity contribution in [3.63, 3.8) is 0 Å². The first kappa shape index (κ1) is 26.0. The average Bonchev–Trinajstić information content (AvgIpc) is 2.61. The minimum Gasteiger partial charge on any atom is -0.481 e. The quantitative estimate of drug-likeness (QED) is 0.158. The van der Waals surface area contributed by atoms with Crippen LogP contribution in [0.25, 0.3) is 0 Å². The van der Waals surface area contributed by atoms with E-state index in [1.165, 1.54) is 0 Å². The van der Waals surface area contributed by atoms with Gasteiger partial charge < -0.3 is 31.9 Å². The van der Waals surface area contributed by atoms with Crippen molar-refractivity contribution in [1.29, 1.82) is 0 Å². The second-order valence-corrected chi connectivity index (χ2v) is 6.99. The van der Waals surface area contributed by atoms with Crippen LogP contribution in [0.5, 0.6) is 0 Å². The zero-order chi connectivity index (χ0) is 22.0. The van der Waals surface area contributed by atoms with Crippen molar-refractivity contribution < 1.29 is 34.2 Å². The molecule has 7 N–H and O–H groups in total. The first-order valence-corrected chi connectivity index (χ1v) is 9.54. The predicted molar refractivity (Wildman–Crippen MR) is 106 cm³/mol. The lowest BCUT2D eigenvalue weighted by atomic mass is 10.0. The monoisotopic (exact) mass is 438 g/mol. The number of aliphatic carboxylic acids is 2. The van der Waals surface area contributed by atoms with Gasteiger partial charge in [-0.15, -0.1) is 0 Å². The molecule has 0 aliphatic carbocycles. The van der Waals surface area contributed by atoms with E-state index in [2.05, 4.69) is 41.2 Å². The molecule has 0 heterocycles. The molecule has 0 aliphatic rings. The van der Waals surface area contributed by atoms with Gasteiger partial charge in [-0.1, -0.05) is 13.8 Å². The van der Waals surface area contributed by atoms with Gasteiger partial charge in [-0.05, 0) is 5.92 Å². The Bertz CT molecular complexity index is 603. The van der Waals surface area contributed by atoms with Crippen LogP contribution in [0.2, 0.25) is 0 Å². The molecule has 0 aliphatic heterocycles. The molecule has 4 unspecified atom stereocenters. The molecule has 4 atom stereocenters. The molecule has 0 spiro atoms. The van der Waals surface area contributed by atoms with Crippen LogP contribution >= 0.6 is 25.3 Å². The van der Waals surface area contributed by atoms with Crippen molar-refractivity contribution in [3.8, 4) is 0 Å². The summed E-state index contributed by atoms with van der Waals surface area (Å²) in [5.74, 6) is -5.79. The standard InChI is InChI=1S/C15H26N4O7S2/c1-6(2)11(15(25)26)19-14(24)9(5-28)18-13(23)8(3-10(20)21)17-12(22)7(16)4-27/h6-9,11,27-28H,3-5,16H2,1-2H3,(H,17,22)(H,18,23)(H,19,24)(H,20,21)(H,25,26). The number of carbonyl (C=O) groups excluding carboxylic acids is 3. The number of carbonyl (C=O) groups is 5. The number of carboxylic acids is 2. The van der Waals surface area contributed by atoms with Gasteiger partial charge in [0, 0.05) is 11.5 Å². The molecule has 0 aromatic heterocycles. The van der Waals surface area contributed by atoms with E-state index in [0.717, 1.165) is 0 Å². The van der Waals surface area contributed by atoms with Crippen molar-refractivity contribution >= 4 is 54.9 Å². The van der Waals surface area contributed by atoms with Crippen LogP contribution in [-0.4, -0.2) is 75.5 Å². The highest BCUT2D eigenvalue weighted by atomic mass is 32.1. The number of thiol groups is 2. The van der Waals surface area contributed by atoms with E-state index < -0.39 is 66.2 Å². The van der Waals surface area contributed by atoms with Gasteiger partial charge in [-0.3, -0.25) is 19.2 Å². The molecule has 0 saturated heterocycles. The molecule has 0 aromatic carbocycles. The minimum atomic E-state index is -1.49. The van der Waals surface area contributed by atoms with Crippen LogP contribution in [0.4, 0.5) is 0 Å². The van der Waals surface area contributed by atoms with Gasteiger partial charge in [-0.2, -0.15) is 25.3 Å². The maximum Gasteiger partial charge on any atom is 0.326 e. The predicted octanol–water partition coefficient (Wildman–Crippen LogP) is -2.16. The summed E-state index contributed by atoms with van der Waals surface area (Å²) in [6.07, 6.45) is -0.748. The van der Waals surface area contributed by atoms with Gasteiger partial charge in [0.25, 0.3) is 0 Å². The first-order chi connectivity index (χ1) is 12.9. The Labute approximate surface area is 173 Å². The van der Waals surface area contributed by atoms with Crippen LogP contribution in [0.1, 0.15) is 20.3 Å². The Kier molecular flexibility index (Phi) is 11.6. The fourth-order valence-corrected chi connectivity index (χ4v) is 2.40. The summed E-state index contributed by atoms with van der Waals surface area (Å²) in [6.45, 7) is 3.19. The second-order valence-electron chi connectivity index (χ2n) is 6.26. The molecular formula is C15H26N4O7S2. The van der Waals surface area contributed by atoms with Gasteiger partial charge in [0.2, 0.25) is 17.7 Å². The summed E-state index contributed by atoms with van der Waals surface area (Å²) in [5, 5.41) is 24.8. The maximum absolute atomic E-state index is 12.4. The fraction of sp³-hybridized carbons (Fsp3) is 0.667. The molecule has 160 valence electrons. The average molecular weight is 439 g/mol. The fourth-order valence-electron chi connectivity index (χ4n) is 1.98. The summed E-state index contributed by atoms with van der Waals surface area (Å²) in [6, 6.07) is -4.98. The third kappa shape index (κ3) is 8.80. The van der Waals surface area contributed by atoms with Gasteiger partial charge in [-0.25, -0.2) is 4.79 Å². The Hall–Kier alpha value is -1.99. The largest absolute Gasteiger partial charge is 0.481 e. The number of rotatable bonds is 12. The molecule has 0 bridgehead atoms. The van der Waals surface area contributed by atoms with E-state index in [4.69, 9.17) is 15.9 Å². The smallest absolute Gasteiger partial charge is 0.326 e. The van der Waals surface area contributed by atoms with Crippen LogP contribution in [0.15, 0.2) is 0 Å². The molecule has 3 amide bonds. The highest BCUT2D eigenvalue weighted by molar-refractivity contribution is 7.80. The van der Waals surface area contributed by atoms with Crippen molar-refractivity contribution in [3.05, 3.63) is 0 Å². The highest BCUT2D eigenvalue weighted by Gasteiger charge is 2.31. The van der Waals surface area contributed by atoms with Gasteiger partial charge >= 0.3 is 11.9 Å². The van der Waals surface area contributed by atoms with E-state index in [0.29, 0.717) is 0 Å². The van der Waals surface area contributed by atoms with Crippen LogP contribution < -0.4 is 21.7 Å². The number of nitrogens with one attached hydrogen (secondary N) is 3. The number of nitrogens with two attached hydrogens (primary N) is 1. The zero-order valence-corrected chi connectivity index (χ0v) is 17.2. The summed E-state index contributed by atoms with van der Waals surface area (Å²) >= 11 is 7.80. The van der Waals surface area contributed by atoms with Crippen molar-refractivity contribution in [2.24, 2.45) is 11.7 Å². The van der Waals surface area contributed by atoms with Crippen LogP contribution in [0.3, 0.4) is 0 Å². The highest BCUT2D eigenvalue weighted by Crippen LogP contribution is 2.04. The van der Waals surface area contributed by atoms with Gasteiger partial charge in [0.1, 0.15) is 18.1 Å². The molecule has 0 aromatic rings. The molecule has 28 heavy (non-hydrogen) atoms. The lowest BCUT2D eigenvalue weighted by Gasteiger charge is -2.24. The summed E-state index contributed by atoms with van der Waals surface area (Å²) in [5.41, 5.74) is 5.48.